The highest BCUT2D eigenvalue weighted by molar-refractivity contribution is 5.81. The first-order chi connectivity index (χ1) is 9.13. The highest BCUT2D eigenvalue weighted by atomic mass is 19.1. The topological polar surface area (TPSA) is 119 Å². The van der Waals surface area contributed by atoms with Gasteiger partial charge in [-0.25, -0.2) is 19.3 Å². The molecule has 0 amide bonds. The van der Waals surface area contributed by atoms with E-state index in [0.717, 1.165) is 0 Å². The van der Waals surface area contributed by atoms with E-state index in [0.29, 0.717) is 11.2 Å². The van der Waals surface area contributed by atoms with Crippen molar-refractivity contribution in [2.24, 2.45) is 0 Å². The van der Waals surface area contributed by atoms with Crippen LogP contribution >= 0.6 is 0 Å². The Labute approximate surface area is 106 Å². The van der Waals surface area contributed by atoms with Crippen LogP contribution in [0.5, 0.6) is 0 Å². The summed E-state index contributed by atoms with van der Waals surface area (Å²) in [7, 11) is 0. The summed E-state index contributed by atoms with van der Waals surface area (Å²) in [5.74, 6) is 0.177. The van der Waals surface area contributed by atoms with Gasteiger partial charge in [-0.15, -0.1) is 0 Å². The van der Waals surface area contributed by atoms with Gasteiger partial charge in [-0.1, -0.05) is 0 Å². The Morgan fingerprint density at radius 3 is 2.89 bits per heavy atom. The maximum atomic E-state index is 14.0. The van der Waals surface area contributed by atoms with Gasteiger partial charge in [-0.05, 0) is 0 Å². The molecule has 4 atom stereocenters. The van der Waals surface area contributed by atoms with Crippen LogP contribution in [0.15, 0.2) is 12.7 Å². The lowest BCUT2D eigenvalue weighted by Gasteiger charge is -2.14. The summed E-state index contributed by atoms with van der Waals surface area (Å²) in [4.78, 5) is 11.8. The first-order valence-electron chi connectivity index (χ1n) is 5.65. The van der Waals surface area contributed by atoms with Crippen LogP contribution in [0, 0.1) is 0 Å². The number of ether oxygens (including phenoxy) is 1. The fourth-order valence-corrected chi connectivity index (χ4v) is 2.13. The molecule has 1 unspecified atom stereocenters. The van der Waals surface area contributed by atoms with Crippen molar-refractivity contribution in [1.82, 2.24) is 19.5 Å². The van der Waals surface area contributed by atoms with Crippen molar-refractivity contribution in [1.29, 1.82) is 0 Å². The van der Waals surface area contributed by atoms with E-state index in [1.807, 2.05) is 0 Å². The van der Waals surface area contributed by atoms with Gasteiger partial charge in [-0.3, -0.25) is 4.57 Å². The van der Waals surface area contributed by atoms with Crippen LogP contribution < -0.4 is 5.73 Å². The van der Waals surface area contributed by atoms with Crippen LogP contribution in [-0.4, -0.2) is 54.7 Å². The van der Waals surface area contributed by atoms with E-state index in [9.17, 15) is 9.50 Å². The third kappa shape index (κ3) is 1.74. The molecular formula is C10H12FN5O3. The Morgan fingerprint density at radius 1 is 1.42 bits per heavy atom. The van der Waals surface area contributed by atoms with Crippen molar-refractivity contribution in [2.75, 3.05) is 12.3 Å². The fourth-order valence-electron chi connectivity index (χ4n) is 2.13. The molecule has 1 aliphatic rings. The van der Waals surface area contributed by atoms with Gasteiger partial charge in [0.2, 0.25) is 0 Å². The molecule has 0 bridgehead atoms. The van der Waals surface area contributed by atoms with Crippen molar-refractivity contribution in [3.8, 4) is 0 Å². The SMILES string of the molecule is Nc1ncnc2c1ncn2[C@@H]1O[C@H](CO)C(O)[C@@H]1F. The van der Waals surface area contributed by atoms with E-state index in [-0.39, 0.29) is 5.82 Å². The van der Waals surface area contributed by atoms with Gasteiger partial charge >= 0.3 is 0 Å². The quantitative estimate of drug-likeness (QED) is 0.639. The number of aliphatic hydroxyl groups excluding tert-OH is 2. The summed E-state index contributed by atoms with van der Waals surface area (Å²) >= 11 is 0. The lowest BCUT2D eigenvalue weighted by atomic mass is 10.1. The summed E-state index contributed by atoms with van der Waals surface area (Å²) in [6.07, 6.45) is -2.61. The molecule has 19 heavy (non-hydrogen) atoms. The number of nitrogens with two attached hydrogens (primary N) is 1. The average molecular weight is 269 g/mol. The number of aliphatic hydroxyl groups is 2. The normalized spacial score (nSPS) is 31.1. The van der Waals surface area contributed by atoms with Crippen molar-refractivity contribution in [3.05, 3.63) is 12.7 Å². The number of nitrogen functional groups attached to an aromatic ring is 1. The summed E-state index contributed by atoms with van der Waals surface area (Å²) in [5.41, 5.74) is 6.28. The third-order valence-electron chi connectivity index (χ3n) is 3.13. The van der Waals surface area contributed by atoms with Crippen molar-refractivity contribution >= 4 is 17.0 Å². The van der Waals surface area contributed by atoms with Crippen molar-refractivity contribution in [3.63, 3.8) is 0 Å². The number of imidazole rings is 1. The van der Waals surface area contributed by atoms with Gasteiger partial charge in [0.15, 0.2) is 23.9 Å². The lowest BCUT2D eigenvalue weighted by Crippen LogP contribution is -2.30. The number of anilines is 1. The van der Waals surface area contributed by atoms with E-state index in [1.165, 1.54) is 17.2 Å². The van der Waals surface area contributed by atoms with E-state index in [4.69, 9.17) is 15.6 Å². The molecule has 0 radical (unpaired) electrons. The molecule has 102 valence electrons. The second kappa shape index (κ2) is 4.37. The number of alkyl halides is 1. The van der Waals surface area contributed by atoms with Gasteiger partial charge in [0, 0.05) is 0 Å². The second-order valence-electron chi connectivity index (χ2n) is 4.27. The molecule has 2 aromatic heterocycles. The molecular weight excluding hydrogens is 257 g/mol. The average Bonchev–Trinajstić information content (AvgIpc) is 2.94. The van der Waals surface area contributed by atoms with Gasteiger partial charge in [0.05, 0.1) is 12.9 Å². The minimum atomic E-state index is -1.69. The van der Waals surface area contributed by atoms with Gasteiger partial charge in [0.25, 0.3) is 0 Å². The molecule has 0 aromatic carbocycles. The predicted octanol–water partition coefficient (Wildman–Crippen LogP) is -1.00. The van der Waals surface area contributed by atoms with Crippen LogP contribution in [0.1, 0.15) is 6.23 Å². The highest BCUT2D eigenvalue weighted by Crippen LogP contribution is 2.33. The molecule has 8 nitrogen and oxygen atoms in total. The predicted molar refractivity (Wildman–Crippen MR) is 61.6 cm³/mol. The fraction of sp³-hybridized carbons (Fsp3) is 0.500. The zero-order chi connectivity index (χ0) is 13.6. The number of rotatable bonds is 2. The molecule has 1 fully saturated rings. The van der Waals surface area contributed by atoms with Crippen LogP contribution in [0.4, 0.5) is 10.2 Å². The Hall–Kier alpha value is -1.84. The Bertz CT molecular complexity index is 606. The smallest absolute Gasteiger partial charge is 0.173 e. The van der Waals surface area contributed by atoms with Crippen LogP contribution in [0.2, 0.25) is 0 Å². The number of nitrogens with zero attached hydrogens (tertiary/aromatic N) is 4. The molecule has 2 aromatic rings. The molecule has 0 saturated carbocycles. The van der Waals surface area contributed by atoms with Crippen LogP contribution in [0.3, 0.4) is 0 Å². The second-order valence-corrected chi connectivity index (χ2v) is 4.27. The molecule has 0 aliphatic carbocycles. The van der Waals surface area contributed by atoms with E-state index in [1.54, 1.807) is 0 Å². The summed E-state index contributed by atoms with van der Waals surface area (Å²) < 4.78 is 20.6. The molecule has 1 aliphatic heterocycles. The monoisotopic (exact) mass is 269 g/mol. The van der Waals surface area contributed by atoms with Gasteiger partial charge < -0.3 is 20.7 Å². The number of hydrogen-bond donors (Lipinski definition) is 3. The largest absolute Gasteiger partial charge is 0.394 e. The molecule has 3 rings (SSSR count). The first kappa shape index (κ1) is 12.2. The van der Waals surface area contributed by atoms with E-state index < -0.39 is 31.2 Å². The van der Waals surface area contributed by atoms with Crippen LogP contribution in [0.25, 0.3) is 11.2 Å². The summed E-state index contributed by atoms with van der Waals surface area (Å²) in [5, 5.41) is 18.6. The molecule has 1 saturated heterocycles. The van der Waals surface area contributed by atoms with Crippen molar-refractivity contribution in [2.45, 2.75) is 24.6 Å². The highest BCUT2D eigenvalue weighted by Gasteiger charge is 2.45. The lowest BCUT2D eigenvalue weighted by molar-refractivity contribution is -0.0459. The standard InChI is InChI=1S/C10H12FN5O3/c11-5-7(18)4(1-17)19-10(5)16-3-15-6-8(12)13-2-14-9(6)16/h2-5,7,10,17-18H,1H2,(H2,12,13,14)/t4-,5+,7?,10-/m1/s1. The zero-order valence-corrected chi connectivity index (χ0v) is 9.72. The first-order valence-corrected chi connectivity index (χ1v) is 5.65. The zero-order valence-electron chi connectivity index (χ0n) is 9.72. The Morgan fingerprint density at radius 2 is 2.21 bits per heavy atom. The minimum Gasteiger partial charge on any atom is -0.394 e. The molecule has 9 heteroatoms. The Balaban J connectivity index is 2.04. The molecule has 0 spiro atoms. The molecule has 3 heterocycles. The minimum absolute atomic E-state index is 0.177. The van der Waals surface area contributed by atoms with Crippen molar-refractivity contribution < 1.29 is 19.3 Å². The summed E-state index contributed by atoms with van der Waals surface area (Å²) in [6, 6.07) is 0. The third-order valence-corrected chi connectivity index (χ3v) is 3.13. The molecule has 4 N–H and O–H groups in total. The van der Waals surface area contributed by atoms with E-state index >= 15 is 0 Å². The maximum Gasteiger partial charge on any atom is 0.173 e. The summed E-state index contributed by atoms with van der Waals surface area (Å²) in [6.45, 7) is -0.470. The van der Waals surface area contributed by atoms with E-state index in [2.05, 4.69) is 15.0 Å². The number of fused-ring (bicyclic) bond motifs is 1. The van der Waals surface area contributed by atoms with Gasteiger partial charge in [-0.2, -0.15) is 0 Å². The number of halogens is 1. The number of aromatic nitrogens is 4. The van der Waals surface area contributed by atoms with Gasteiger partial charge in [0.1, 0.15) is 24.1 Å². The number of hydrogen-bond acceptors (Lipinski definition) is 7. The van der Waals surface area contributed by atoms with Crippen LogP contribution in [-0.2, 0) is 4.74 Å². The Kier molecular flexibility index (Phi) is 2.81. The maximum absolute atomic E-state index is 14.0.